The first-order chi connectivity index (χ1) is 13.1. The second kappa shape index (κ2) is 16.2. The van der Waals surface area contributed by atoms with Gasteiger partial charge in [-0.1, -0.05) is 0 Å². The minimum absolute atomic E-state index is 0. The summed E-state index contributed by atoms with van der Waals surface area (Å²) in [4.78, 5) is 58.2. The minimum Gasteiger partial charge on any atom is -0.790 e. The van der Waals surface area contributed by atoms with Crippen LogP contribution in [0.5, 0.6) is 0 Å². The van der Waals surface area contributed by atoms with Crippen LogP contribution in [-0.4, -0.2) is 44.7 Å². The van der Waals surface area contributed by atoms with Crippen LogP contribution in [0.3, 0.4) is 0 Å². The number of nitrogen functional groups attached to an aromatic ring is 1. The summed E-state index contributed by atoms with van der Waals surface area (Å²) in [6.45, 7) is -1.14. The fraction of sp³-hybridized carbons (Fsp3) is 0.556. The molecule has 1 aliphatic rings. The van der Waals surface area contributed by atoms with E-state index in [9.17, 15) is 48.3 Å². The van der Waals surface area contributed by atoms with Gasteiger partial charge in [0.2, 0.25) is 0 Å². The molecule has 2 unspecified atom stereocenters. The maximum absolute atomic E-state index is 11.8. The number of phosphoric acid groups is 3. The van der Waals surface area contributed by atoms with Gasteiger partial charge in [-0.3, -0.25) is 18.0 Å². The van der Waals surface area contributed by atoms with Crippen LogP contribution in [0, 0.1) is 0 Å². The second-order valence-electron chi connectivity index (χ2n) is 5.39. The molecule has 0 amide bonds. The summed E-state index contributed by atoms with van der Waals surface area (Å²) in [6, 6.07) is 1.17. The predicted octanol–water partition coefficient (Wildman–Crippen LogP) is -16.7. The molecule has 1 saturated heterocycles. The van der Waals surface area contributed by atoms with Gasteiger partial charge >= 0.3 is 124 Å². The molecule has 166 valence electrons. The normalized spacial score (nSPS) is 25.8. The zero-order chi connectivity index (χ0) is 22.2. The van der Waals surface area contributed by atoms with E-state index >= 15 is 0 Å². The molecule has 1 aliphatic heterocycles. The van der Waals surface area contributed by atoms with Crippen LogP contribution in [0.4, 0.5) is 5.82 Å². The van der Waals surface area contributed by atoms with Crippen molar-refractivity contribution in [2.45, 2.75) is 24.5 Å². The van der Waals surface area contributed by atoms with Crippen molar-refractivity contribution >= 4 is 29.3 Å². The van der Waals surface area contributed by atoms with E-state index in [4.69, 9.17) is 10.5 Å². The number of anilines is 1. The summed E-state index contributed by atoms with van der Waals surface area (Å²) in [5.41, 5.74) is 4.34. The standard InChI is InChI=1S/C9H16N3O14P3.4Na/c10-5-1-2-12(9(15)11-5)8-7(14)6(13)4(24-8)3-23-28(19,20)26-29(21,22)25-27(16,17)18;;;;/h1-2,4,6-8,13-14H,3H2,(H,19,20)(H,21,22)(H2,10,11,15)(H2,16,17,18);;;;/q;4*+1/p-4/t4-,6-,7-,8-;;;;/m1..../s1. The fourth-order valence-electron chi connectivity index (χ4n) is 2.16. The Morgan fingerprint density at radius 2 is 1.58 bits per heavy atom. The van der Waals surface area contributed by atoms with Crippen molar-refractivity contribution in [2.24, 2.45) is 0 Å². The predicted molar refractivity (Wildman–Crippen MR) is 79.8 cm³/mol. The summed E-state index contributed by atoms with van der Waals surface area (Å²) in [5.74, 6) is -0.145. The molecule has 0 radical (unpaired) electrons. The number of nitrogens with two attached hydrogens (primary N) is 1. The Morgan fingerprint density at radius 3 is 2.06 bits per heavy atom. The van der Waals surface area contributed by atoms with Gasteiger partial charge in [0.25, 0.3) is 15.6 Å². The SMILES string of the molecule is Nc1ccn([C@@H]2O[C@H](COP(=O)([O-])OP(=O)([O-])OP(=O)([O-])[O-])[C@@H](O)[C@H]2O)c(=O)n1.[Na+].[Na+].[Na+].[Na+]. The number of aliphatic hydroxyl groups excluding tert-OH is 2. The van der Waals surface area contributed by atoms with E-state index in [1.807, 2.05) is 0 Å². The molecule has 4 N–H and O–H groups in total. The molecule has 1 aromatic heterocycles. The number of aliphatic hydroxyl groups is 2. The smallest absolute Gasteiger partial charge is 0.790 e. The Balaban J connectivity index is -0.00000225. The summed E-state index contributed by atoms with van der Waals surface area (Å²) in [7, 11) is -18.1. The van der Waals surface area contributed by atoms with Crippen LogP contribution in [0.15, 0.2) is 17.1 Å². The average Bonchev–Trinajstić information content (AvgIpc) is 2.78. The number of hydrogen-bond acceptors (Lipinski definition) is 16. The van der Waals surface area contributed by atoms with Gasteiger partial charge < -0.3 is 49.3 Å². The van der Waals surface area contributed by atoms with E-state index in [0.29, 0.717) is 0 Å². The van der Waals surface area contributed by atoms with Crippen molar-refractivity contribution in [3.05, 3.63) is 22.7 Å². The van der Waals surface area contributed by atoms with Gasteiger partial charge in [-0.05, 0) is 6.07 Å². The maximum atomic E-state index is 11.8. The Labute approximate surface area is 274 Å². The first-order valence-electron chi connectivity index (χ1n) is 7.18. The van der Waals surface area contributed by atoms with Gasteiger partial charge in [0.05, 0.1) is 14.4 Å². The zero-order valence-electron chi connectivity index (χ0n) is 17.8. The molecular formula is C9H12N3Na4O14P3. The molecule has 2 rings (SSSR count). The maximum Gasteiger partial charge on any atom is 1.00 e. The number of ether oxygens (including phenoxy) is 1. The third-order valence-corrected chi connectivity index (χ3v) is 6.93. The molecule has 0 aromatic carbocycles. The molecule has 0 aliphatic carbocycles. The van der Waals surface area contributed by atoms with Gasteiger partial charge in [0.1, 0.15) is 24.1 Å². The molecule has 0 spiro atoms. The molecule has 2 heterocycles. The third-order valence-electron chi connectivity index (χ3n) is 3.26. The molecule has 1 fully saturated rings. The van der Waals surface area contributed by atoms with E-state index in [0.717, 1.165) is 10.8 Å². The van der Waals surface area contributed by atoms with Crippen LogP contribution in [0.2, 0.25) is 0 Å². The van der Waals surface area contributed by atoms with E-state index in [2.05, 4.69) is 18.1 Å². The van der Waals surface area contributed by atoms with Crippen molar-refractivity contribution in [3.63, 3.8) is 0 Å². The quantitative estimate of drug-likeness (QED) is 0.193. The van der Waals surface area contributed by atoms with Crippen molar-refractivity contribution in [1.82, 2.24) is 9.55 Å². The Hall–Kier alpha value is 2.97. The molecular weight excluding hydrogens is 559 g/mol. The van der Waals surface area contributed by atoms with Gasteiger partial charge in [-0.25, -0.2) is 9.11 Å². The minimum atomic E-state index is -6.15. The van der Waals surface area contributed by atoms with Crippen molar-refractivity contribution < 1.29 is 180 Å². The van der Waals surface area contributed by atoms with Crippen molar-refractivity contribution in [2.75, 3.05) is 12.3 Å². The molecule has 33 heavy (non-hydrogen) atoms. The Kier molecular flexibility index (Phi) is 19.8. The first-order valence-corrected chi connectivity index (χ1v) is 11.6. The van der Waals surface area contributed by atoms with Gasteiger partial charge in [0, 0.05) is 6.20 Å². The zero-order valence-corrected chi connectivity index (χ0v) is 28.5. The molecule has 17 nitrogen and oxygen atoms in total. The second-order valence-corrected chi connectivity index (χ2v) is 9.64. The van der Waals surface area contributed by atoms with Crippen LogP contribution < -0.4 is 149 Å². The van der Waals surface area contributed by atoms with Crippen LogP contribution >= 0.6 is 23.5 Å². The molecule has 6 atom stereocenters. The van der Waals surface area contributed by atoms with Crippen LogP contribution in [-0.2, 0) is 31.6 Å². The summed E-state index contributed by atoms with van der Waals surface area (Å²) < 4.78 is 49.1. The van der Waals surface area contributed by atoms with Crippen molar-refractivity contribution in [1.29, 1.82) is 0 Å². The monoisotopic (exact) mass is 571 g/mol. The summed E-state index contributed by atoms with van der Waals surface area (Å²) >= 11 is 0. The molecule has 0 bridgehead atoms. The van der Waals surface area contributed by atoms with Gasteiger partial charge in [-0.2, -0.15) is 4.98 Å². The molecule has 24 heteroatoms. The van der Waals surface area contributed by atoms with Crippen LogP contribution in [0.25, 0.3) is 0 Å². The number of rotatable bonds is 8. The molecule has 1 aromatic rings. The largest absolute Gasteiger partial charge is 1.00 e. The number of phosphoric ester groups is 1. The van der Waals surface area contributed by atoms with Gasteiger partial charge in [0.15, 0.2) is 6.23 Å². The Bertz CT molecular complexity index is 963. The third kappa shape index (κ3) is 13.1. The fourth-order valence-corrected chi connectivity index (χ4v) is 5.03. The van der Waals surface area contributed by atoms with E-state index < -0.39 is 60.3 Å². The summed E-state index contributed by atoms with van der Waals surface area (Å²) in [5, 5.41) is 19.9. The van der Waals surface area contributed by atoms with E-state index in [-0.39, 0.29) is 124 Å². The summed E-state index contributed by atoms with van der Waals surface area (Å²) in [6.07, 6.45) is -5.66. The van der Waals surface area contributed by atoms with E-state index in [1.165, 1.54) is 6.07 Å². The number of aromatic nitrogens is 2. The van der Waals surface area contributed by atoms with Gasteiger partial charge in [-0.15, -0.1) is 0 Å². The van der Waals surface area contributed by atoms with Crippen molar-refractivity contribution in [3.8, 4) is 0 Å². The number of hydrogen-bond donors (Lipinski definition) is 3. The van der Waals surface area contributed by atoms with E-state index in [1.54, 1.807) is 0 Å². The van der Waals surface area contributed by atoms with Crippen LogP contribution in [0.1, 0.15) is 6.23 Å². The Morgan fingerprint density at radius 1 is 1.03 bits per heavy atom. The number of nitrogens with zero attached hydrogens (tertiary/aromatic N) is 2. The molecule has 0 saturated carbocycles. The average molecular weight is 571 g/mol. The topological polar surface area (TPSA) is 282 Å². The first kappa shape index (κ1) is 40.5.